The van der Waals surface area contributed by atoms with Gasteiger partial charge in [-0.05, 0) is 36.2 Å². The molecule has 0 amide bonds. The van der Waals surface area contributed by atoms with Crippen molar-refractivity contribution < 1.29 is 0 Å². The summed E-state index contributed by atoms with van der Waals surface area (Å²) in [5.74, 6) is 0. The summed E-state index contributed by atoms with van der Waals surface area (Å²) >= 11 is 3.52. The molecule has 0 spiro atoms. The number of benzene rings is 1. The maximum atomic E-state index is 6.06. The first-order valence-electron chi connectivity index (χ1n) is 6.71. The number of nitrogen functional groups attached to an aromatic ring is 1. The van der Waals surface area contributed by atoms with Crippen molar-refractivity contribution in [2.75, 3.05) is 5.73 Å². The largest absolute Gasteiger partial charge is 0.398 e. The SMILES string of the molecule is CCc1cc(Br)ccc1-n1cncc1-c1cnccc1N. The van der Waals surface area contributed by atoms with Gasteiger partial charge < -0.3 is 5.73 Å². The molecule has 0 radical (unpaired) electrons. The number of halogens is 1. The summed E-state index contributed by atoms with van der Waals surface area (Å²) in [6, 6.07) is 8.05. The molecule has 0 aliphatic heterocycles. The lowest BCUT2D eigenvalue weighted by atomic mass is 10.1. The van der Waals surface area contributed by atoms with Crippen LogP contribution >= 0.6 is 15.9 Å². The number of pyridine rings is 1. The Bertz CT molecular complexity index is 779. The van der Waals surface area contributed by atoms with Gasteiger partial charge in [-0.1, -0.05) is 22.9 Å². The van der Waals surface area contributed by atoms with Gasteiger partial charge in [0.25, 0.3) is 0 Å². The summed E-state index contributed by atoms with van der Waals surface area (Å²) in [7, 11) is 0. The van der Waals surface area contributed by atoms with Crippen LogP contribution in [0.25, 0.3) is 16.9 Å². The van der Waals surface area contributed by atoms with E-state index in [1.54, 1.807) is 18.5 Å². The molecule has 0 bridgehead atoms. The topological polar surface area (TPSA) is 56.7 Å². The number of hydrogen-bond donors (Lipinski definition) is 1. The summed E-state index contributed by atoms with van der Waals surface area (Å²) < 4.78 is 3.13. The zero-order valence-electron chi connectivity index (χ0n) is 11.6. The Balaban J connectivity index is 2.18. The van der Waals surface area contributed by atoms with Gasteiger partial charge in [0.15, 0.2) is 0 Å². The van der Waals surface area contributed by atoms with E-state index < -0.39 is 0 Å². The van der Waals surface area contributed by atoms with Crippen molar-refractivity contribution in [3.63, 3.8) is 0 Å². The average Bonchev–Trinajstić information content (AvgIpc) is 2.96. The molecule has 2 N–H and O–H groups in total. The number of aromatic nitrogens is 3. The molecule has 0 unspecified atom stereocenters. The third-order valence-corrected chi connectivity index (χ3v) is 3.94. The van der Waals surface area contributed by atoms with Crippen LogP contribution in [0.2, 0.25) is 0 Å². The summed E-state index contributed by atoms with van der Waals surface area (Å²) in [5.41, 5.74) is 10.9. The monoisotopic (exact) mass is 342 g/mol. The smallest absolute Gasteiger partial charge is 0.0997 e. The van der Waals surface area contributed by atoms with Gasteiger partial charge in [-0.15, -0.1) is 0 Å². The molecule has 5 heteroatoms. The van der Waals surface area contributed by atoms with Crippen LogP contribution in [-0.2, 0) is 6.42 Å². The molecular weight excluding hydrogens is 328 g/mol. The van der Waals surface area contributed by atoms with E-state index in [1.165, 1.54) is 5.56 Å². The summed E-state index contributed by atoms with van der Waals surface area (Å²) in [6.07, 6.45) is 8.03. The molecule has 1 aromatic carbocycles. The lowest BCUT2D eigenvalue weighted by Gasteiger charge is -2.13. The Labute approximate surface area is 131 Å². The maximum Gasteiger partial charge on any atom is 0.0997 e. The van der Waals surface area contributed by atoms with E-state index >= 15 is 0 Å². The second-order valence-corrected chi connectivity index (χ2v) is 5.65. The quantitative estimate of drug-likeness (QED) is 0.786. The molecule has 0 saturated carbocycles. The minimum atomic E-state index is 0.696. The number of nitrogens with zero attached hydrogens (tertiary/aromatic N) is 3. The van der Waals surface area contributed by atoms with E-state index in [-0.39, 0.29) is 0 Å². The van der Waals surface area contributed by atoms with Gasteiger partial charge in [0.2, 0.25) is 0 Å². The fourth-order valence-electron chi connectivity index (χ4n) is 2.38. The van der Waals surface area contributed by atoms with Crippen molar-refractivity contribution in [3.05, 3.63) is 59.2 Å². The molecule has 3 aromatic rings. The Morgan fingerprint density at radius 2 is 2.05 bits per heavy atom. The summed E-state index contributed by atoms with van der Waals surface area (Å²) in [4.78, 5) is 8.45. The van der Waals surface area contributed by atoms with Crippen LogP contribution in [0.4, 0.5) is 5.69 Å². The molecule has 2 heterocycles. The van der Waals surface area contributed by atoms with E-state index in [0.29, 0.717) is 5.69 Å². The van der Waals surface area contributed by atoms with Crippen LogP contribution in [0.1, 0.15) is 12.5 Å². The standard InChI is InChI=1S/C16H15BrN4/c1-2-11-7-12(17)3-4-15(11)21-10-20-9-16(21)13-8-19-6-5-14(13)18/h3-10H,2H2,1H3,(H2,18,19). The molecule has 4 nitrogen and oxygen atoms in total. The zero-order valence-corrected chi connectivity index (χ0v) is 13.2. The van der Waals surface area contributed by atoms with E-state index in [0.717, 1.165) is 27.8 Å². The molecule has 2 aromatic heterocycles. The second-order valence-electron chi connectivity index (χ2n) is 4.74. The molecule has 21 heavy (non-hydrogen) atoms. The van der Waals surface area contributed by atoms with Gasteiger partial charge in [-0.25, -0.2) is 4.98 Å². The van der Waals surface area contributed by atoms with Crippen molar-refractivity contribution in [1.82, 2.24) is 14.5 Å². The molecule has 0 saturated heterocycles. The highest BCUT2D eigenvalue weighted by molar-refractivity contribution is 9.10. The first-order valence-corrected chi connectivity index (χ1v) is 7.51. The predicted octanol–water partition coefficient (Wildman–Crippen LogP) is 3.84. The Morgan fingerprint density at radius 1 is 1.19 bits per heavy atom. The van der Waals surface area contributed by atoms with Crippen molar-refractivity contribution in [2.45, 2.75) is 13.3 Å². The molecular formula is C16H15BrN4. The first kappa shape index (κ1) is 13.8. The lowest BCUT2D eigenvalue weighted by molar-refractivity contribution is 1.01. The van der Waals surface area contributed by atoms with E-state index in [4.69, 9.17) is 5.73 Å². The Hall–Kier alpha value is -2.14. The van der Waals surface area contributed by atoms with Crippen LogP contribution in [0.5, 0.6) is 0 Å². The van der Waals surface area contributed by atoms with Gasteiger partial charge in [0, 0.05) is 28.1 Å². The maximum absolute atomic E-state index is 6.06. The molecule has 3 rings (SSSR count). The third kappa shape index (κ3) is 2.56. The van der Waals surface area contributed by atoms with Crippen molar-refractivity contribution in [3.8, 4) is 16.9 Å². The molecule has 0 aliphatic rings. The van der Waals surface area contributed by atoms with E-state index in [9.17, 15) is 0 Å². The molecule has 106 valence electrons. The third-order valence-electron chi connectivity index (χ3n) is 3.45. The average molecular weight is 343 g/mol. The second kappa shape index (κ2) is 5.69. The van der Waals surface area contributed by atoms with Crippen LogP contribution in [-0.4, -0.2) is 14.5 Å². The highest BCUT2D eigenvalue weighted by atomic mass is 79.9. The minimum absolute atomic E-state index is 0.696. The minimum Gasteiger partial charge on any atom is -0.398 e. The van der Waals surface area contributed by atoms with Gasteiger partial charge in [-0.2, -0.15) is 0 Å². The number of aryl methyl sites for hydroxylation is 1. The van der Waals surface area contributed by atoms with Crippen LogP contribution in [0, 0.1) is 0 Å². The number of imidazole rings is 1. The van der Waals surface area contributed by atoms with Crippen molar-refractivity contribution in [1.29, 1.82) is 0 Å². The van der Waals surface area contributed by atoms with Gasteiger partial charge >= 0.3 is 0 Å². The Morgan fingerprint density at radius 3 is 2.81 bits per heavy atom. The van der Waals surface area contributed by atoms with E-state index in [2.05, 4.69) is 49.5 Å². The number of hydrogen-bond acceptors (Lipinski definition) is 3. The van der Waals surface area contributed by atoms with Gasteiger partial charge in [0.1, 0.15) is 0 Å². The van der Waals surface area contributed by atoms with Crippen LogP contribution in [0.15, 0.2) is 53.7 Å². The van der Waals surface area contributed by atoms with E-state index in [1.807, 2.05) is 18.6 Å². The number of anilines is 1. The fraction of sp³-hybridized carbons (Fsp3) is 0.125. The summed E-state index contributed by atoms with van der Waals surface area (Å²) in [6.45, 7) is 2.14. The lowest BCUT2D eigenvalue weighted by Crippen LogP contribution is -2.01. The van der Waals surface area contributed by atoms with Crippen LogP contribution < -0.4 is 5.73 Å². The van der Waals surface area contributed by atoms with Crippen molar-refractivity contribution >= 4 is 21.6 Å². The summed E-state index contributed by atoms with van der Waals surface area (Å²) in [5, 5.41) is 0. The Kier molecular flexibility index (Phi) is 3.75. The molecule has 0 aliphatic carbocycles. The number of rotatable bonds is 3. The first-order chi connectivity index (χ1) is 10.2. The fourth-order valence-corrected chi connectivity index (χ4v) is 2.79. The highest BCUT2D eigenvalue weighted by Gasteiger charge is 2.12. The van der Waals surface area contributed by atoms with Crippen LogP contribution in [0.3, 0.4) is 0 Å². The molecule has 0 atom stereocenters. The van der Waals surface area contributed by atoms with Gasteiger partial charge in [-0.3, -0.25) is 9.55 Å². The predicted molar refractivity (Wildman–Crippen MR) is 88.3 cm³/mol. The highest BCUT2D eigenvalue weighted by Crippen LogP contribution is 2.29. The zero-order chi connectivity index (χ0) is 14.8. The normalized spacial score (nSPS) is 10.8. The van der Waals surface area contributed by atoms with Gasteiger partial charge in [0.05, 0.1) is 23.9 Å². The molecule has 0 fully saturated rings. The van der Waals surface area contributed by atoms with Crippen molar-refractivity contribution in [2.24, 2.45) is 0 Å². The number of nitrogens with two attached hydrogens (primary N) is 1.